The molecule has 1 heterocycles. The molecule has 1 aromatic heterocycles. The molecule has 128 valence electrons. The summed E-state index contributed by atoms with van der Waals surface area (Å²) < 4.78 is 1.46. The maximum absolute atomic E-state index is 12.6. The quantitative estimate of drug-likeness (QED) is 0.575. The third-order valence-electron chi connectivity index (χ3n) is 3.72. The van der Waals surface area contributed by atoms with Crippen molar-refractivity contribution in [1.29, 1.82) is 5.26 Å². The highest BCUT2D eigenvalue weighted by atomic mass is 16.6. The van der Waals surface area contributed by atoms with E-state index in [-0.39, 0.29) is 22.6 Å². The number of nitriles is 1. The van der Waals surface area contributed by atoms with Crippen LogP contribution < -0.4 is 5.32 Å². The first kappa shape index (κ1) is 16.9. The zero-order chi connectivity index (χ0) is 18.7. The van der Waals surface area contributed by atoms with Gasteiger partial charge in [0.1, 0.15) is 11.6 Å². The Hall–Kier alpha value is -3.99. The van der Waals surface area contributed by atoms with Crippen LogP contribution in [0, 0.1) is 28.4 Å². The van der Waals surface area contributed by atoms with Gasteiger partial charge in [-0.3, -0.25) is 14.9 Å². The van der Waals surface area contributed by atoms with Crippen LogP contribution in [0.1, 0.15) is 21.6 Å². The van der Waals surface area contributed by atoms with E-state index in [1.807, 2.05) is 24.3 Å². The van der Waals surface area contributed by atoms with Gasteiger partial charge in [-0.05, 0) is 25.1 Å². The number of nitro benzene ring substituents is 1. The van der Waals surface area contributed by atoms with Crippen LogP contribution in [0.2, 0.25) is 0 Å². The molecule has 1 N–H and O–H groups in total. The van der Waals surface area contributed by atoms with E-state index in [2.05, 4.69) is 10.4 Å². The normalized spacial score (nSPS) is 10.2. The number of hydrogen-bond donors (Lipinski definition) is 1. The SMILES string of the molecule is Cc1nn(-c2ccccc2)c(NC(=O)c2cccc([N+](=O)[O-])c2)c1C#N. The second kappa shape index (κ2) is 6.86. The van der Waals surface area contributed by atoms with Crippen molar-refractivity contribution in [2.45, 2.75) is 6.92 Å². The molecular weight excluding hydrogens is 334 g/mol. The average molecular weight is 347 g/mol. The molecule has 0 saturated heterocycles. The number of nitrogens with zero attached hydrogens (tertiary/aromatic N) is 4. The van der Waals surface area contributed by atoms with E-state index in [9.17, 15) is 20.2 Å². The van der Waals surface area contributed by atoms with Crippen LogP contribution in [0.15, 0.2) is 54.6 Å². The molecule has 26 heavy (non-hydrogen) atoms. The number of anilines is 1. The lowest BCUT2D eigenvalue weighted by atomic mass is 10.2. The topological polar surface area (TPSA) is 114 Å². The Morgan fingerprint density at radius 2 is 1.96 bits per heavy atom. The number of non-ortho nitro benzene ring substituents is 1. The van der Waals surface area contributed by atoms with Crippen LogP contribution in [0.3, 0.4) is 0 Å². The van der Waals surface area contributed by atoms with Gasteiger partial charge in [-0.1, -0.05) is 24.3 Å². The molecule has 3 aromatic rings. The van der Waals surface area contributed by atoms with E-state index in [0.717, 1.165) is 0 Å². The smallest absolute Gasteiger partial charge is 0.270 e. The van der Waals surface area contributed by atoms with Crippen molar-refractivity contribution in [2.24, 2.45) is 0 Å². The second-order valence-electron chi connectivity index (χ2n) is 5.43. The van der Waals surface area contributed by atoms with Gasteiger partial charge in [0.25, 0.3) is 11.6 Å². The Kier molecular flexibility index (Phi) is 4.45. The highest BCUT2D eigenvalue weighted by Crippen LogP contribution is 2.24. The molecule has 0 aliphatic carbocycles. The van der Waals surface area contributed by atoms with Gasteiger partial charge >= 0.3 is 0 Å². The van der Waals surface area contributed by atoms with Gasteiger partial charge in [0, 0.05) is 17.7 Å². The Balaban J connectivity index is 2.02. The summed E-state index contributed by atoms with van der Waals surface area (Å²) in [4.78, 5) is 22.9. The lowest BCUT2D eigenvalue weighted by molar-refractivity contribution is -0.384. The molecule has 1 amide bonds. The summed E-state index contributed by atoms with van der Waals surface area (Å²) in [6, 6.07) is 16.4. The van der Waals surface area contributed by atoms with E-state index >= 15 is 0 Å². The minimum atomic E-state index is -0.574. The molecule has 0 fully saturated rings. The maximum atomic E-state index is 12.6. The third kappa shape index (κ3) is 3.14. The molecule has 0 aliphatic rings. The van der Waals surface area contributed by atoms with E-state index in [4.69, 9.17) is 0 Å². The fourth-order valence-electron chi connectivity index (χ4n) is 2.47. The van der Waals surface area contributed by atoms with Gasteiger partial charge in [-0.15, -0.1) is 0 Å². The maximum Gasteiger partial charge on any atom is 0.270 e. The summed E-state index contributed by atoms with van der Waals surface area (Å²) in [6.45, 7) is 1.67. The first-order chi connectivity index (χ1) is 12.5. The van der Waals surface area contributed by atoms with Gasteiger partial charge in [0.05, 0.1) is 16.3 Å². The summed E-state index contributed by atoms with van der Waals surface area (Å²) >= 11 is 0. The van der Waals surface area contributed by atoms with Crippen LogP contribution in [0.25, 0.3) is 5.69 Å². The molecule has 3 rings (SSSR count). The third-order valence-corrected chi connectivity index (χ3v) is 3.72. The molecule has 2 aromatic carbocycles. The predicted octanol–water partition coefficient (Wildman–Crippen LogP) is 3.21. The number of benzene rings is 2. The summed E-state index contributed by atoms with van der Waals surface area (Å²) in [5, 5.41) is 27.3. The Morgan fingerprint density at radius 3 is 2.62 bits per heavy atom. The van der Waals surface area contributed by atoms with Crippen molar-refractivity contribution in [3.8, 4) is 11.8 Å². The number of carbonyl (C=O) groups excluding carboxylic acids is 1. The minimum Gasteiger partial charge on any atom is -0.305 e. The number of amides is 1. The van der Waals surface area contributed by atoms with Crippen molar-refractivity contribution < 1.29 is 9.72 Å². The molecule has 0 bridgehead atoms. The fraction of sp³-hybridized carbons (Fsp3) is 0.0556. The summed E-state index contributed by atoms with van der Waals surface area (Å²) in [7, 11) is 0. The lowest BCUT2D eigenvalue weighted by Crippen LogP contribution is -2.16. The Labute approximate surface area is 148 Å². The first-order valence-corrected chi connectivity index (χ1v) is 7.62. The standard InChI is InChI=1S/C18H13N5O3/c1-12-16(11-19)17(22(21-12)14-7-3-2-4-8-14)20-18(24)13-6-5-9-15(10-13)23(25)26/h2-10H,1H3,(H,20,24). The number of nitrogens with one attached hydrogen (secondary N) is 1. The minimum absolute atomic E-state index is 0.113. The molecule has 0 unspecified atom stereocenters. The van der Waals surface area contributed by atoms with Gasteiger partial charge in [0.15, 0.2) is 5.82 Å². The molecular formula is C18H13N5O3. The number of aromatic nitrogens is 2. The number of hydrogen-bond acceptors (Lipinski definition) is 5. The monoisotopic (exact) mass is 347 g/mol. The van der Waals surface area contributed by atoms with Crippen molar-refractivity contribution in [3.05, 3.63) is 81.5 Å². The summed E-state index contributed by atoms with van der Waals surface area (Å²) in [6.07, 6.45) is 0. The largest absolute Gasteiger partial charge is 0.305 e. The molecule has 0 radical (unpaired) electrons. The van der Waals surface area contributed by atoms with Crippen LogP contribution in [0.4, 0.5) is 11.5 Å². The highest BCUT2D eigenvalue weighted by molar-refractivity contribution is 6.05. The van der Waals surface area contributed by atoms with E-state index < -0.39 is 10.8 Å². The van der Waals surface area contributed by atoms with Crippen molar-refractivity contribution in [3.63, 3.8) is 0 Å². The Morgan fingerprint density at radius 1 is 1.23 bits per heavy atom. The fourth-order valence-corrected chi connectivity index (χ4v) is 2.47. The van der Waals surface area contributed by atoms with Crippen LogP contribution in [0.5, 0.6) is 0 Å². The molecule has 0 aliphatic heterocycles. The predicted molar refractivity (Wildman–Crippen MR) is 94.1 cm³/mol. The van der Waals surface area contributed by atoms with Crippen LogP contribution in [-0.2, 0) is 0 Å². The van der Waals surface area contributed by atoms with Gasteiger partial charge in [-0.25, -0.2) is 4.68 Å². The second-order valence-corrected chi connectivity index (χ2v) is 5.43. The summed E-state index contributed by atoms with van der Waals surface area (Å²) in [5.74, 6) is -0.352. The molecule has 8 nitrogen and oxygen atoms in total. The first-order valence-electron chi connectivity index (χ1n) is 7.62. The molecule has 0 atom stereocenters. The van der Waals surface area contributed by atoms with Gasteiger partial charge in [0.2, 0.25) is 0 Å². The van der Waals surface area contributed by atoms with Crippen LogP contribution >= 0.6 is 0 Å². The van der Waals surface area contributed by atoms with E-state index in [1.54, 1.807) is 19.1 Å². The lowest BCUT2D eigenvalue weighted by Gasteiger charge is -2.09. The average Bonchev–Trinajstić information content (AvgIpc) is 2.97. The van der Waals surface area contributed by atoms with Gasteiger partial charge in [-0.2, -0.15) is 10.4 Å². The van der Waals surface area contributed by atoms with Crippen molar-refractivity contribution in [1.82, 2.24) is 9.78 Å². The van der Waals surface area contributed by atoms with Crippen molar-refractivity contribution in [2.75, 3.05) is 5.32 Å². The van der Waals surface area contributed by atoms with Crippen molar-refractivity contribution >= 4 is 17.4 Å². The Bertz CT molecular complexity index is 1030. The zero-order valence-corrected chi connectivity index (χ0v) is 13.7. The number of aryl methyl sites for hydroxylation is 1. The molecule has 8 heteroatoms. The number of nitro groups is 1. The molecule has 0 saturated carbocycles. The van der Waals surface area contributed by atoms with Crippen LogP contribution in [-0.4, -0.2) is 20.6 Å². The highest BCUT2D eigenvalue weighted by Gasteiger charge is 2.20. The van der Waals surface area contributed by atoms with E-state index in [0.29, 0.717) is 11.4 Å². The summed E-state index contributed by atoms with van der Waals surface area (Å²) in [5.41, 5.74) is 1.29. The number of rotatable bonds is 4. The zero-order valence-electron chi connectivity index (χ0n) is 13.7. The molecule has 0 spiro atoms. The van der Waals surface area contributed by atoms with E-state index in [1.165, 1.54) is 28.9 Å². The number of para-hydroxylation sites is 1. The van der Waals surface area contributed by atoms with Gasteiger partial charge < -0.3 is 5.32 Å². The number of carbonyl (C=O) groups is 1.